The fourth-order valence-corrected chi connectivity index (χ4v) is 2.55. The molecule has 3 heteroatoms. The Morgan fingerprint density at radius 3 is 2.53 bits per heavy atom. The van der Waals surface area contributed by atoms with Gasteiger partial charge in [0.1, 0.15) is 0 Å². The van der Waals surface area contributed by atoms with Crippen LogP contribution in [0.1, 0.15) is 42.7 Å². The van der Waals surface area contributed by atoms with E-state index in [0.717, 1.165) is 31.2 Å². The van der Waals surface area contributed by atoms with E-state index in [1.165, 1.54) is 5.56 Å². The van der Waals surface area contributed by atoms with Crippen molar-refractivity contribution in [3.8, 4) is 0 Å². The lowest BCUT2D eigenvalue weighted by molar-refractivity contribution is -0.136. The summed E-state index contributed by atoms with van der Waals surface area (Å²) in [7, 11) is 0. The van der Waals surface area contributed by atoms with Crippen LogP contribution in [0.15, 0.2) is 24.3 Å². The summed E-state index contributed by atoms with van der Waals surface area (Å²) < 4.78 is 0. The highest BCUT2D eigenvalue weighted by Crippen LogP contribution is 2.32. The second-order valence-corrected chi connectivity index (χ2v) is 4.83. The molecule has 1 aliphatic carbocycles. The zero-order chi connectivity index (χ0) is 12.3. The third kappa shape index (κ3) is 3.30. The molecule has 0 bridgehead atoms. The summed E-state index contributed by atoms with van der Waals surface area (Å²) in [6, 6.07) is 7.76. The van der Waals surface area contributed by atoms with E-state index >= 15 is 0 Å². The van der Waals surface area contributed by atoms with Crippen LogP contribution < -0.4 is 0 Å². The largest absolute Gasteiger partial charge is 0.481 e. The topological polar surface area (TPSA) is 57.5 Å². The number of carbonyl (C=O) groups is 1. The molecule has 1 fully saturated rings. The molecule has 1 saturated carbocycles. The molecule has 0 radical (unpaired) electrons. The maximum atomic E-state index is 10.6. The van der Waals surface area contributed by atoms with Gasteiger partial charge in [-0.15, -0.1) is 0 Å². The number of rotatable bonds is 3. The molecule has 1 aromatic carbocycles. The molecule has 92 valence electrons. The molecule has 2 N–H and O–H groups in total. The molecule has 2 rings (SSSR count). The summed E-state index contributed by atoms with van der Waals surface area (Å²) in [5, 5.41) is 18.3. The Hall–Kier alpha value is -1.35. The predicted octanol–water partition coefficient (Wildman–Crippen LogP) is 2.33. The summed E-state index contributed by atoms with van der Waals surface area (Å²) in [5.74, 6) is -0.372. The fraction of sp³-hybridized carbons (Fsp3) is 0.500. The highest BCUT2D eigenvalue weighted by Gasteiger charge is 2.21. The standard InChI is InChI=1S/C14H18O3/c15-13-3-1-2-12(9-13)11-6-4-10(5-7-11)8-14(16)17/h4-7,12-13,15H,1-3,8-9H2,(H,16,17). The van der Waals surface area contributed by atoms with Crippen LogP contribution in [0.5, 0.6) is 0 Å². The van der Waals surface area contributed by atoms with E-state index in [1.807, 2.05) is 24.3 Å². The number of aliphatic carboxylic acids is 1. The van der Waals surface area contributed by atoms with Crippen molar-refractivity contribution in [2.45, 2.75) is 44.1 Å². The SMILES string of the molecule is O=C(O)Cc1ccc(C2CCCC(O)C2)cc1. The Kier molecular flexibility index (Phi) is 3.79. The quantitative estimate of drug-likeness (QED) is 0.844. The number of hydrogen-bond acceptors (Lipinski definition) is 2. The van der Waals surface area contributed by atoms with Crippen molar-refractivity contribution < 1.29 is 15.0 Å². The second-order valence-electron chi connectivity index (χ2n) is 4.83. The number of carboxylic acids is 1. The van der Waals surface area contributed by atoms with E-state index in [-0.39, 0.29) is 12.5 Å². The van der Waals surface area contributed by atoms with Gasteiger partial charge in [0.05, 0.1) is 12.5 Å². The van der Waals surface area contributed by atoms with Gasteiger partial charge in [0.2, 0.25) is 0 Å². The van der Waals surface area contributed by atoms with Crippen molar-refractivity contribution in [2.75, 3.05) is 0 Å². The van der Waals surface area contributed by atoms with Gasteiger partial charge >= 0.3 is 5.97 Å². The normalized spacial score (nSPS) is 24.5. The minimum atomic E-state index is -0.800. The third-order valence-electron chi connectivity index (χ3n) is 3.45. The Bertz CT molecular complexity index is 383. The maximum absolute atomic E-state index is 10.6. The lowest BCUT2D eigenvalue weighted by atomic mass is 9.82. The molecule has 2 atom stereocenters. The van der Waals surface area contributed by atoms with Crippen LogP contribution >= 0.6 is 0 Å². The molecule has 2 unspecified atom stereocenters. The van der Waals surface area contributed by atoms with Gasteiger partial charge in [-0.2, -0.15) is 0 Å². The van der Waals surface area contributed by atoms with Gasteiger partial charge in [0, 0.05) is 0 Å². The van der Waals surface area contributed by atoms with Crippen LogP contribution in [0.2, 0.25) is 0 Å². The summed E-state index contributed by atoms with van der Waals surface area (Å²) >= 11 is 0. The minimum absolute atomic E-state index is 0.0770. The van der Waals surface area contributed by atoms with Crippen LogP contribution in [-0.2, 0) is 11.2 Å². The van der Waals surface area contributed by atoms with Gasteiger partial charge < -0.3 is 10.2 Å². The number of carboxylic acid groups (broad SMARTS) is 1. The highest BCUT2D eigenvalue weighted by molar-refractivity contribution is 5.70. The first-order valence-corrected chi connectivity index (χ1v) is 6.14. The molecule has 0 saturated heterocycles. The molecule has 0 aliphatic heterocycles. The van der Waals surface area contributed by atoms with Gasteiger partial charge in [0.25, 0.3) is 0 Å². The Morgan fingerprint density at radius 1 is 1.24 bits per heavy atom. The summed E-state index contributed by atoms with van der Waals surface area (Å²) in [5.41, 5.74) is 2.05. The van der Waals surface area contributed by atoms with Crippen LogP contribution in [0.25, 0.3) is 0 Å². The molecular weight excluding hydrogens is 216 g/mol. The number of aliphatic hydroxyl groups is 1. The van der Waals surface area contributed by atoms with Gasteiger partial charge in [-0.25, -0.2) is 0 Å². The van der Waals surface area contributed by atoms with Crippen LogP contribution in [0.4, 0.5) is 0 Å². The van der Waals surface area contributed by atoms with Gasteiger partial charge in [-0.05, 0) is 36.3 Å². The third-order valence-corrected chi connectivity index (χ3v) is 3.45. The number of aliphatic hydroxyl groups excluding tert-OH is 1. The van der Waals surface area contributed by atoms with Crippen LogP contribution in [0, 0.1) is 0 Å². The molecular formula is C14H18O3. The molecule has 1 aliphatic rings. The maximum Gasteiger partial charge on any atom is 0.307 e. The average molecular weight is 234 g/mol. The first-order valence-electron chi connectivity index (χ1n) is 6.14. The van der Waals surface area contributed by atoms with Gasteiger partial charge in [0.15, 0.2) is 0 Å². The smallest absolute Gasteiger partial charge is 0.307 e. The zero-order valence-corrected chi connectivity index (χ0v) is 9.80. The molecule has 0 aromatic heterocycles. The fourth-order valence-electron chi connectivity index (χ4n) is 2.55. The molecule has 0 spiro atoms. The Morgan fingerprint density at radius 2 is 1.94 bits per heavy atom. The first-order chi connectivity index (χ1) is 8.15. The van der Waals surface area contributed by atoms with Crippen molar-refractivity contribution in [3.63, 3.8) is 0 Å². The van der Waals surface area contributed by atoms with E-state index in [1.54, 1.807) is 0 Å². The molecule has 1 aromatic rings. The Labute approximate surface area is 101 Å². The van der Waals surface area contributed by atoms with Crippen molar-refractivity contribution in [1.82, 2.24) is 0 Å². The number of hydrogen-bond donors (Lipinski definition) is 2. The van der Waals surface area contributed by atoms with Crippen molar-refractivity contribution in [3.05, 3.63) is 35.4 Å². The lowest BCUT2D eigenvalue weighted by Crippen LogP contribution is -2.18. The van der Waals surface area contributed by atoms with Crippen LogP contribution in [0.3, 0.4) is 0 Å². The van der Waals surface area contributed by atoms with Crippen molar-refractivity contribution >= 4 is 5.97 Å². The van der Waals surface area contributed by atoms with E-state index in [9.17, 15) is 9.90 Å². The zero-order valence-electron chi connectivity index (χ0n) is 9.80. The summed E-state index contributed by atoms with van der Waals surface area (Å²) in [4.78, 5) is 10.6. The highest BCUT2D eigenvalue weighted by atomic mass is 16.4. The van der Waals surface area contributed by atoms with Crippen molar-refractivity contribution in [1.29, 1.82) is 0 Å². The molecule has 0 heterocycles. The summed E-state index contributed by atoms with van der Waals surface area (Å²) in [6.45, 7) is 0. The van der Waals surface area contributed by atoms with Gasteiger partial charge in [-0.1, -0.05) is 30.7 Å². The monoisotopic (exact) mass is 234 g/mol. The number of benzene rings is 1. The second kappa shape index (κ2) is 5.32. The minimum Gasteiger partial charge on any atom is -0.481 e. The lowest BCUT2D eigenvalue weighted by Gasteiger charge is -2.26. The van der Waals surface area contributed by atoms with Gasteiger partial charge in [-0.3, -0.25) is 4.79 Å². The van der Waals surface area contributed by atoms with E-state index in [0.29, 0.717) is 5.92 Å². The molecule has 0 amide bonds. The van der Waals surface area contributed by atoms with E-state index < -0.39 is 5.97 Å². The Balaban J connectivity index is 2.04. The predicted molar refractivity (Wildman–Crippen MR) is 65.0 cm³/mol. The van der Waals surface area contributed by atoms with Crippen molar-refractivity contribution in [2.24, 2.45) is 0 Å². The average Bonchev–Trinajstić information content (AvgIpc) is 2.29. The molecule has 17 heavy (non-hydrogen) atoms. The molecule has 3 nitrogen and oxygen atoms in total. The van der Waals surface area contributed by atoms with E-state index in [4.69, 9.17) is 5.11 Å². The first kappa shape index (κ1) is 12.1. The summed E-state index contributed by atoms with van der Waals surface area (Å²) in [6.07, 6.45) is 3.84. The van der Waals surface area contributed by atoms with E-state index in [2.05, 4.69) is 0 Å². The van der Waals surface area contributed by atoms with Crippen LogP contribution in [-0.4, -0.2) is 22.3 Å².